The zero-order chi connectivity index (χ0) is 14.3. The first-order valence-electron chi connectivity index (χ1n) is 8.93. The molecule has 116 valence electrons. The largest absolute Gasteiger partial charge is 0.316 e. The highest BCUT2D eigenvalue weighted by molar-refractivity contribution is 4.65. The fourth-order valence-electron chi connectivity index (χ4n) is 2.59. The van der Waals surface area contributed by atoms with Gasteiger partial charge in [0.2, 0.25) is 0 Å². The van der Waals surface area contributed by atoms with E-state index in [4.69, 9.17) is 0 Å². The summed E-state index contributed by atoms with van der Waals surface area (Å²) in [5.74, 6) is 1.71. The first-order chi connectivity index (χ1) is 9.22. The van der Waals surface area contributed by atoms with Gasteiger partial charge in [0.25, 0.3) is 0 Å². The monoisotopic (exact) mass is 269 g/mol. The minimum atomic E-state index is 0.830. The molecule has 0 radical (unpaired) electrons. The Balaban J connectivity index is 3.29. The van der Waals surface area contributed by atoms with Gasteiger partial charge in [-0.3, -0.25) is 0 Å². The Morgan fingerprint density at radius 1 is 0.684 bits per heavy atom. The Morgan fingerprint density at radius 3 is 1.84 bits per heavy atom. The third-order valence-corrected chi connectivity index (χ3v) is 4.38. The lowest BCUT2D eigenvalue weighted by molar-refractivity contribution is 0.336. The van der Waals surface area contributed by atoms with E-state index < -0.39 is 0 Å². The molecule has 0 heterocycles. The molecule has 2 atom stereocenters. The van der Waals surface area contributed by atoms with Gasteiger partial charge in [0.15, 0.2) is 0 Å². The molecule has 0 aliphatic heterocycles. The second kappa shape index (κ2) is 14.4. The zero-order valence-corrected chi connectivity index (χ0v) is 14.1. The summed E-state index contributed by atoms with van der Waals surface area (Å²) in [5, 5.41) is 3.55. The van der Waals surface area contributed by atoms with Crippen LogP contribution in [0.1, 0.15) is 91.9 Å². The Morgan fingerprint density at radius 2 is 1.26 bits per heavy atom. The van der Waals surface area contributed by atoms with Crippen molar-refractivity contribution in [3.05, 3.63) is 0 Å². The third-order valence-electron chi connectivity index (χ3n) is 4.38. The standard InChI is InChI=1S/C18H39N/c1-5-7-8-9-10-11-12-13-14-17(3)18(4)16-19-15-6-2/h17-19H,5-16H2,1-4H3. The molecule has 0 saturated carbocycles. The van der Waals surface area contributed by atoms with Crippen LogP contribution < -0.4 is 5.32 Å². The molecule has 0 aliphatic rings. The van der Waals surface area contributed by atoms with Crippen molar-refractivity contribution >= 4 is 0 Å². The van der Waals surface area contributed by atoms with Crippen molar-refractivity contribution in [2.45, 2.75) is 91.9 Å². The van der Waals surface area contributed by atoms with Gasteiger partial charge in [-0.1, -0.05) is 85.5 Å². The highest BCUT2D eigenvalue weighted by Gasteiger charge is 2.10. The normalized spacial score (nSPS) is 14.5. The molecule has 0 rings (SSSR count). The van der Waals surface area contributed by atoms with E-state index in [2.05, 4.69) is 33.0 Å². The molecule has 0 fully saturated rings. The lowest BCUT2D eigenvalue weighted by Gasteiger charge is -2.20. The summed E-state index contributed by atoms with van der Waals surface area (Å²) in [5.41, 5.74) is 0. The predicted molar refractivity (Wildman–Crippen MR) is 88.7 cm³/mol. The van der Waals surface area contributed by atoms with Crippen LogP contribution in [0.3, 0.4) is 0 Å². The summed E-state index contributed by atoms with van der Waals surface area (Å²) in [6.45, 7) is 11.7. The Bertz CT molecular complexity index is 167. The maximum atomic E-state index is 3.55. The highest BCUT2D eigenvalue weighted by atomic mass is 14.8. The van der Waals surface area contributed by atoms with E-state index >= 15 is 0 Å². The summed E-state index contributed by atoms with van der Waals surface area (Å²) in [6, 6.07) is 0. The van der Waals surface area contributed by atoms with Gasteiger partial charge < -0.3 is 5.32 Å². The van der Waals surface area contributed by atoms with Crippen LogP contribution in [0.4, 0.5) is 0 Å². The molecule has 0 aromatic heterocycles. The van der Waals surface area contributed by atoms with Crippen molar-refractivity contribution in [3.63, 3.8) is 0 Å². The topological polar surface area (TPSA) is 12.0 Å². The van der Waals surface area contributed by atoms with Gasteiger partial charge >= 0.3 is 0 Å². The molecule has 0 aromatic rings. The van der Waals surface area contributed by atoms with E-state index in [0.717, 1.165) is 11.8 Å². The predicted octanol–water partition coefficient (Wildman–Crippen LogP) is 5.79. The molecule has 0 bridgehead atoms. The SMILES string of the molecule is CCCCCCCCCCC(C)C(C)CNCCC. The lowest BCUT2D eigenvalue weighted by Crippen LogP contribution is -2.25. The molecular formula is C18H39N. The minimum Gasteiger partial charge on any atom is -0.316 e. The van der Waals surface area contributed by atoms with Gasteiger partial charge in [0.1, 0.15) is 0 Å². The summed E-state index contributed by atoms with van der Waals surface area (Å²) in [4.78, 5) is 0. The van der Waals surface area contributed by atoms with E-state index in [1.165, 1.54) is 77.3 Å². The third kappa shape index (κ3) is 12.7. The van der Waals surface area contributed by atoms with E-state index in [1.54, 1.807) is 0 Å². The van der Waals surface area contributed by atoms with Crippen molar-refractivity contribution in [1.29, 1.82) is 0 Å². The van der Waals surface area contributed by atoms with Gasteiger partial charge in [0.05, 0.1) is 0 Å². The molecular weight excluding hydrogens is 230 g/mol. The maximum Gasteiger partial charge on any atom is -0.00206 e. The molecule has 1 N–H and O–H groups in total. The fraction of sp³-hybridized carbons (Fsp3) is 1.00. The zero-order valence-electron chi connectivity index (χ0n) is 14.1. The molecule has 0 saturated heterocycles. The smallest absolute Gasteiger partial charge is 0.00206 e. The van der Waals surface area contributed by atoms with Crippen LogP contribution in [0.2, 0.25) is 0 Å². The number of nitrogens with one attached hydrogen (secondary N) is 1. The van der Waals surface area contributed by atoms with Gasteiger partial charge in [-0.2, -0.15) is 0 Å². The van der Waals surface area contributed by atoms with Gasteiger partial charge in [-0.05, 0) is 31.3 Å². The van der Waals surface area contributed by atoms with Gasteiger partial charge in [0, 0.05) is 0 Å². The van der Waals surface area contributed by atoms with Gasteiger partial charge in [-0.15, -0.1) is 0 Å². The molecule has 1 heteroatoms. The average molecular weight is 270 g/mol. The first-order valence-corrected chi connectivity index (χ1v) is 8.93. The second-order valence-electron chi connectivity index (χ2n) is 6.42. The van der Waals surface area contributed by atoms with Crippen LogP contribution in [0.15, 0.2) is 0 Å². The van der Waals surface area contributed by atoms with E-state index in [1.807, 2.05) is 0 Å². The number of hydrogen-bond donors (Lipinski definition) is 1. The molecule has 0 spiro atoms. The Hall–Kier alpha value is -0.0400. The summed E-state index contributed by atoms with van der Waals surface area (Å²) < 4.78 is 0. The van der Waals surface area contributed by atoms with E-state index in [-0.39, 0.29) is 0 Å². The highest BCUT2D eigenvalue weighted by Crippen LogP contribution is 2.19. The maximum absolute atomic E-state index is 3.55. The van der Waals surface area contributed by atoms with Crippen LogP contribution in [-0.4, -0.2) is 13.1 Å². The average Bonchev–Trinajstić information content (AvgIpc) is 2.41. The Labute approximate surface area is 122 Å². The van der Waals surface area contributed by atoms with E-state index in [9.17, 15) is 0 Å². The second-order valence-corrected chi connectivity index (χ2v) is 6.42. The van der Waals surface area contributed by atoms with E-state index in [0.29, 0.717) is 0 Å². The molecule has 1 nitrogen and oxygen atoms in total. The van der Waals surface area contributed by atoms with Gasteiger partial charge in [-0.25, -0.2) is 0 Å². The summed E-state index contributed by atoms with van der Waals surface area (Å²) in [7, 11) is 0. The molecule has 0 aromatic carbocycles. The van der Waals surface area contributed by atoms with Crippen molar-refractivity contribution in [2.75, 3.05) is 13.1 Å². The summed E-state index contributed by atoms with van der Waals surface area (Å²) in [6.07, 6.45) is 14.2. The molecule has 0 amide bonds. The van der Waals surface area contributed by atoms with Crippen LogP contribution >= 0.6 is 0 Å². The van der Waals surface area contributed by atoms with Crippen LogP contribution in [0, 0.1) is 11.8 Å². The van der Waals surface area contributed by atoms with Crippen molar-refractivity contribution < 1.29 is 0 Å². The van der Waals surface area contributed by atoms with Crippen molar-refractivity contribution in [3.8, 4) is 0 Å². The lowest BCUT2D eigenvalue weighted by atomic mass is 9.90. The quantitative estimate of drug-likeness (QED) is 0.394. The van der Waals surface area contributed by atoms with Crippen LogP contribution in [-0.2, 0) is 0 Å². The van der Waals surface area contributed by atoms with Crippen LogP contribution in [0.25, 0.3) is 0 Å². The number of rotatable bonds is 14. The molecule has 19 heavy (non-hydrogen) atoms. The Kier molecular flexibility index (Phi) is 14.3. The van der Waals surface area contributed by atoms with Crippen LogP contribution in [0.5, 0.6) is 0 Å². The first kappa shape index (κ1) is 19.0. The number of hydrogen-bond acceptors (Lipinski definition) is 1. The van der Waals surface area contributed by atoms with Crippen molar-refractivity contribution in [1.82, 2.24) is 5.32 Å². The minimum absolute atomic E-state index is 0.830. The molecule has 2 unspecified atom stereocenters. The summed E-state index contributed by atoms with van der Waals surface area (Å²) >= 11 is 0. The van der Waals surface area contributed by atoms with Crippen molar-refractivity contribution in [2.24, 2.45) is 11.8 Å². The number of unbranched alkanes of at least 4 members (excludes halogenated alkanes) is 7. The fourth-order valence-corrected chi connectivity index (χ4v) is 2.59. The molecule has 0 aliphatic carbocycles.